The van der Waals surface area contributed by atoms with E-state index in [4.69, 9.17) is 9.47 Å². The first-order valence-corrected chi connectivity index (χ1v) is 8.96. The molecule has 3 rings (SSSR count). The lowest BCUT2D eigenvalue weighted by Gasteiger charge is -2.32. The van der Waals surface area contributed by atoms with E-state index >= 15 is 0 Å². The molecular weight excluding hydrogens is 316 g/mol. The Balaban J connectivity index is 1.58. The maximum atomic E-state index is 12.8. The number of hydrogen-bond acceptors (Lipinski definition) is 4. The quantitative estimate of drug-likeness (QED) is 0.841. The number of ether oxygens (including phenoxy) is 2. The number of methoxy groups -OCH3 is 2. The van der Waals surface area contributed by atoms with Crippen LogP contribution in [0, 0.1) is 0 Å². The average Bonchev–Trinajstić information content (AvgIpc) is 3.03. The minimum absolute atomic E-state index is 0.0335. The SMILES string of the molecule is COc1cccc(C=C2CCN(C(=O)[C@@H]3C[C@H](OC)CN3C)CC2)c1. The Kier molecular flexibility index (Phi) is 5.76. The van der Waals surface area contributed by atoms with Gasteiger partial charge in [0.05, 0.1) is 19.3 Å². The van der Waals surface area contributed by atoms with E-state index in [9.17, 15) is 4.79 Å². The zero-order chi connectivity index (χ0) is 17.8. The minimum Gasteiger partial charge on any atom is -0.497 e. The summed E-state index contributed by atoms with van der Waals surface area (Å²) in [5, 5.41) is 0. The molecule has 0 N–H and O–H groups in total. The first kappa shape index (κ1) is 18.0. The van der Waals surface area contributed by atoms with E-state index in [0.717, 1.165) is 50.2 Å². The molecule has 1 aromatic carbocycles. The molecule has 0 bridgehead atoms. The molecule has 5 heteroatoms. The molecule has 0 aliphatic carbocycles. The van der Waals surface area contributed by atoms with Gasteiger partial charge in [0.25, 0.3) is 0 Å². The molecule has 2 saturated heterocycles. The van der Waals surface area contributed by atoms with Gasteiger partial charge in [0.15, 0.2) is 0 Å². The summed E-state index contributed by atoms with van der Waals surface area (Å²) in [6.07, 6.45) is 5.08. The van der Waals surface area contributed by atoms with E-state index in [2.05, 4.69) is 17.0 Å². The van der Waals surface area contributed by atoms with E-state index in [1.54, 1.807) is 14.2 Å². The minimum atomic E-state index is -0.0335. The van der Waals surface area contributed by atoms with Crippen molar-refractivity contribution in [3.63, 3.8) is 0 Å². The predicted octanol–water partition coefficient (Wildman–Crippen LogP) is 2.42. The second-order valence-electron chi connectivity index (χ2n) is 6.95. The summed E-state index contributed by atoms with van der Waals surface area (Å²) in [6.45, 7) is 2.44. The number of likely N-dealkylation sites (N-methyl/N-ethyl adjacent to an activating group) is 1. The van der Waals surface area contributed by atoms with Gasteiger partial charge in [0.1, 0.15) is 5.75 Å². The fourth-order valence-corrected chi connectivity index (χ4v) is 3.75. The molecule has 2 aliphatic heterocycles. The Morgan fingerprint density at radius 3 is 2.64 bits per heavy atom. The molecule has 1 amide bonds. The summed E-state index contributed by atoms with van der Waals surface area (Å²) in [7, 11) is 5.42. The third kappa shape index (κ3) is 4.22. The molecule has 5 nitrogen and oxygen atoms in total. The van der Waals surface area contributed by atoms with Crippen molar-refractivity contribution in [2.45, 2.75) is 31.4 Å². The lowest BCUT2D eigenvalue weighted by atomic mass is 10.00. The molecule has 136 valence electrons. The summed E-state index contributed by atoms with van der Waals surface area (Å²) in [5.41, 5.74) is 2.56. The highest BCUT2D eigenvalue weighted by Gasteiger charge is 2.37. The van der Waals surface area contributed by atoms with E-state index in [1.807, 2.05) is 30.1 Å². The molecule has 1 aromatic rings. The number of benzene rings is 1. The molecular formula is C20H28N2O3. The van der Waals surface area contributed by atoms with Gasteiger partial charge < -0.3 is 14.4 Å². The van der Waals surface area contributed by atoms with Crippen LogP contribution in [0.1, 0.15) is 24.8 Å². The Morgan fingerprint density at radius 1 is 1.24 bits per heavy atom. The lowest BCUT2D eigenvalue weighted by Crippen LogP contribution is -2.46. The van der Waals surface area contributed by atoms with Gasteiger partial charge in [-0.25, -0.2) is 0 Å². The van der Waals surface area contributed by atoms with Crippen molar-refractivity contribution in [3.8, 4) is 5.75 Å². The average molecular weight is 344 g/mol. The fraction of sp³-hybridized carbons (Fsp3) is 0.550. The number of piperidine rings is 1. The molecule has 0 unspecified atom stereocenters. The topological polar surface area (TPSA) is 42.0 Å². The van der Waals surface area contributed by atoms with E-state index in [-0.39, 0.29) is 18.1 Å². The number of rotatable bonds is 4. The van der Waals surface area contributed by atoms with Crippen molar-refractivity contribution >= 4 is 12.0 Å². The molecule has 0 radical (unpaired) electrons. The van der Waals surface area contributed by atoms with Gasteiger partial charge in [-0.3, -0.25) is 9.69 Å². The van der Waals surface area contributed by atoms with Crippen molar-refractivity contribution in [3.05, 3.63) is 35.4 Å². The fourth-order valence-electron chi connectivity index (χ4n) is 3.75. The van der Waals surface area contributed by atoms with Crippen molar-refractivity contribution in [2.24, 2.45) is 0 Å². The summed E-state index contributed by atoms with van der Waals surface area (Å²) < 4.78 is 10.7. The highest BCUT2D eigenvalue weighted by Crippen LogP contribution is 2.25. The molecule has 0 spiro atoms. The van der Waals surface area contributed by atoms with E-state index in [1.165, 1.54) is 5.57 Å². The van der Waals surface area contributed by atoms with Crippen LogP contribution < -0.4 is 4.74 Å². The Morgan fingerprint density at radius 2 is 2.00 bits per heavy atom. The molecule has 0 aromatic heterocycles. The van der Waals surface area contributed by atoms with Crippen LogP contribution in [0.5, 0.6) is 5.75 Å². The van der Waals surface area contributed by atoms with Crippen molar-refractivity contribution in [1.82, 2.24) is 9.80 Å². The van der Waals surface area contributed by atoms with Gasteiger partial charge in [-0.15, -0.1) is 0 Å². The molecule has 2 fully saturated rings. The van der Waals surface area contributed by atoms with Gasteiger partial charge in [-0.05, 0) is 44.0 Å². The third-order valence-electron chi connectivity index (χ3n) is 5.31. The Labute approximate surface area is 150 Å². The van der Waals surface area contributed by atoms with Crippen LogP contribution in [0.25, 0.3) is 6.08 Å². The van der Waals surface area contributed by atoms with Crippen LogP contribution in [0.15, 0.2) is 29.8 Å². The lowest BCUT2D eigenvalue weighted by molar-refractivity contribution is -0.136. The first-order valence-electron chi connectivity index (χ1n) is 8.96. The maximum Gasteiger partial charge on any atom is 0.240 e. The molecule has 25 heavy (non-hydrogen) atoms. The summed E-state index contributed by atoms with van der Waals surface area (Å²) in [5.74, 6) is 1.13. The zero-order valence-corrected chi connectivity index (χ0v) is 15.4. The largest absolute Gasteiger partial charge is 0.497 e. The van der Waals surface area contributed by atoms with Gasteiger partial charge in [-0.1, -0.05) is 23.8 Å². The standard InChI is InChI=1S/C20H28N2O3/c1-21-14-18(25-3)13-19(21)20(23)22-9-7-15(8-10-22)11-16-5-4-6-17(12-16)24-2/h4-6,11-12,18-19H,7-10,13-14H2,1-3H3/t18-,19-/m0/s1. The molecule has 0 saturated carbocycles. The monoisotopic (exact) mass is 344 g/mol. The second-order valence-corrected chi connectivity index (χ2v) is 6.95. The van der Waals surface area contributed by atoms with Crippen molar-refractivity contribution in [1.29, 1.82) is 0 Å². The second kappa shape index (κ2) is 8.02. The normalized spacial score (nSPS) is 24.4. The highest BCUT2D eigenvalue weighted by atomic mass is 16.5. The number of likely N-dealkylation sites (tertiary alicyclic amines) is 2. The van der Waals surface area contributed by atoms with Crippen LogP contribution in [-0.4, -0.2) is 68.8 Å². The van der Waals surface area contributed by atoms with E-state index < -0.39 is 0 Å². The summed E-state index contributed by atoms with van der Waals surface area (Å²) in [4.78, 5) is 17.0. The van der Waals surface area contributed by atoms with Crippen molar-refractivity contribution < 1.29 is 14.3 Å². The van der Waals surface area contributed by atoms with Crippen molar-refractivity contribution in [2.75, 3.05) is 40.9 Å². The third-order valence-corrected chi connectivity index (χ3v) is 5.31. The Bertz CT molecular complexity index is 634. The van der Waals surface area contributed by atoms with Crippen LogP contribution in [0.2, 0.25) is 0 Å². The smallest absolute Gasteiger partial charge is 0.240 e. The maximum absolute atomic E-state index is 12.8. The van der Waals surface area contributed by atoms with Gasteiger partial charge in [0, 0.05) is 26.7 Å². The van der Waals surface area contributed by atoms with Crippen LogP contribution >= 0.6 is 0 Å². The Hall–Kier alpha value is -1.85. The van der Waals surface area contributed by atoms with Gasteiger partial charge >= 0.3 is 0 Å². The summed E-state index contributed by atoms with van der Waals surface area (Å²) in [6, 6.07) is 8.06. The van der Waals surface area contributed by atoms with Gasteiger partial charge in [-0.2, -0.15) is 0 Å². The highest BCUT2D eigenvalue weighted by molar-refractivity contribution is 5.82. The van der Waals surface area contributed by atoms with Crippen LogP contribution in [-0.2, 0) is 9.53 Å². The van der Waals surface area contributed by atoms with Crippen LogP contribution in [0.4, 0.5) is 0 Å². The van der Waals surface area contributed by atoms with E-state index in [0.29, 0.717) is 0 Å². The summed E-state index contributed by atoms with van der Waals surface area (Å²) >= 11 is 0. The number of nitrogens with zero attached hydrogens (tertiary/aromatic N) is 2. The van der Waals surface area contributed by atoms with Crippen LogP contribution in [0.3, 0.4) is 0 Å². The molecule has 2 atom stereocenters. The number of carbonyl (C=O) groups is 1. The number of hydrogen-bond donors (Lipinski definition) is 0. The zero-order valence-electron chi connectivity index (χ0n) is 15.4. The number of amides is 1. The molecule has 2 aliphatic rings. The molecule has 2 heterocycles. The predicted molar refractivity (Wildman–Crippen MR) is 98.6 cm³/mol. The number of carbonyl (C=O) groups excluding carboxylic acids is 1. The van der Waals surface area contributed by atoms with Gasteiger partial charge in [0.2, 0.25) is 5.91 Å². The first-order chi connectivity index (χ1) is 12.1.